The summed E-state index contributed by atoms with van der Waals surface area (Å²) in [6.45, 7) is 1.99. The highest BCUT2D eigenvalue weighted by Gasteiger charge is 2.04. The van der Waals surface area contributed by atoms with Gasteiger partial charge in [-0.05, 0) is 24.1 Å². The van der Waals surface area contributed by atoms with Gasteiger partial charge in [0.2, 0.25) is 0 Å². The molecule has 0 amide bonds. The Balaban J connectivity index is 2.23. The Bertz CT molecular complexity index is 290. The molecule has 0 bridgehead atoms. The van der Waals surface area contributed by atoms with Crippen LogP contribution in [0.2, 0.25) is 5.02 Å². The number of hydrogen-bond donors (Lipinski definition) is 2. The summed E-state index contributed by atoms with van der Waals surface area (Å²) in [5.41, 5.74) is 1.09. The molecule has 1 atom stereocenters. The molecule has 0 aliphatic carbocycles. The molecule has 1 unspecified atom stereocenters. The lowest BCUT2D eigenvalue weighted by Gasteiger charge is -2.11. The number of aliphatic hydroxyl groups excluding tert-OH is 1. The Morgan fingerprint density at radius 2 is 2.06 bits per heavy atom. The van der Waals surface area contributed by atoms with Crippen molar-refractivity contribution in [2.75, 3.05) is 26.8 Å². The number of rotatable bonds is 7. The quantitative estimate of drug-likeness (QED) is 0.713. The molecule has 1 aromatic rings. The Labute approximate surface area is 101 Å². The number of methoxy groups -OCH3 is 1. The lowest BCUT2D eigenvalue weighted by molar-refractivity contribution is 0.160. The Hall–Kier alpha value is -0.610. The molecule has 16 heavy (non-hydrogen) atoms. The smallest absolute Gasteiger partial charge is 0.0704 e. The minimum absolute atomic E-state index is 0.377. The molecule has 0 radical (unpaired) electrons. The second-order valence-corrected chi connectivity index (χ2v) is 4.12. The average Bonchev–Trinajstić information content (AvgIpc) is 2.28. The number of ether oxygens (including phenoxy) is 1. The van der Waals surface area contributed by atoms with E-state index in [0.717, 1.165) is 17.1 Å². The van der Waals surface area contributed by atoms with Crippen LogP contribution in [0.5, 0.6) is 0 Å². The van der Waals surface area contributed by atoms with Crippen LogP contribution < -0.4 is 5.32 Å². The van der Waals surface area contributed by atoms with Crippen molar-refractivity contribution in [2.45, 2.75) is 12.5 Å². The van der Waals surface area contributed by atoms with Gasteiger partial charge in [-0.25, -0.2) is 0 Å². The largest absolute Gasteiger partial charge is 0.391 e. The summed E-state index contributed by atoms with van der Waals surface area (Å²) in [6, 6.07) is 7.53. The van der Waals surface area contributed by atoms with Gasteiger partial charge in [0.15, 0.2) is 0 Å². The van der Waals surface area contributed by atoms with Crippen LogP contribution in [-0.2, 0) is 11.2 Å². The van der Waals surface area contributed by atoms with Gasteiger partial charge in [0.05, 0.1) is 12.7 Å². The second kappa shape index (κ2) is 7.63. The van der Waals surface area contributed by atoms with Crippen LogP contribution >= 0.6 is 11.6 Å². The fourth-order valence-corrected chi connectivity index (χ4v) is 1.53. The number of nitrogens with one attached hydrogen (secondary N) is 1. The fourth-order valence-electron chi connectivity index (χ4n) is 1.41. The first kappa shape index (κ1) is 13.5. The van der Waals surface area contributed by atoms with E-state index in [2.05, 4.69) is 5.32 Å². The maximum absolute atomic E-state index is 9.73. The maximum atomic E-state index is 9.73. The van der Waals surface area contributed by atoms with Crippen LogP contribution in [0.1, 0.15) is 5.56 Å². The molecule has 2 N–H and O–H groups in total. The van der Waals surface area contributed by atoms with E-state index in [4.69, 9.17) is 16.3 Å². The zero-order valence-electron chi connectivity index (χ0n) is 9.45. The number of hydrogen-bond acceptors (Lipinski definition) is 3. The standard InChI is InChI=1S/C12H18ClNO2/c1-16-7-6-14-9-12(15)8-10-2-4-11(13)5-3-10/h2-5,12,14-15H,6-9H2,1H3. The number of aliphatic hydroxyl groups is 1. The van der Waals surface area contributed by atoms with Crippen molar-refractivity contribution < 1.29 is 9.84 Å². The zero-order valence-corrected chi connectivity index (χ0v) is 10.2. The normalized spacial score (nSPS) is 12.7. The molecule has 90 valence electrons. The molecule has 0 aliphatic heterocycles. The van der Waals surface area contributed by atoms with E-state index in [0.29, 0.717) is 19.6 Å². The Kier molecular flexibility index (Phi) is 6.42. The second-order valence-electron chi connectivity index (χ2n) is 3.68. The van der Waals surface area contributed by atoms with E-state index >= 15 is 0 Å². The monoisotopic (exact) mass is 243 g/mol. The molecule has 0 saturated heterocycles. The van der Waals surface area contributed by atoms with Crippen molar-refractivity contribution in [3.63, 3.8) is 0 Å². The van der Waals surface area contributed by atoms with Crippen molar-refractivity contribution in [1.82, 2.24) is 5.32 Å². The molecular formula is C12H18ClNO2. The third-order valence-corrected chi connectivity index (χ3v) is 2.50. The first-order chi connectivity index (χ1) is 7.72. The molecular weight excluding hydrogens is 226 g/mol. The van der Waals surface area contributed by atoms with E-state index in [9.17, 15) is 5.11 Å². The Morgan fingerprint density at radius 3 is 2.69 bits per heavy atom. The van der Waals surface area contributed by atoms with E-state index in [1.54, 1.807) is 7.11 Å². The van der Waals surface area contributed by atoms with E-state index in [1.807, 2.05) is 24.3 Å². The highest BCUT2D eigenvalue weighted by atomic mass is 35.5. The van der Waals surface area contributed by atoms with E-state index in [1.165, 1.54) is 0 Å². The van der Waals surface area contributed by atoms with Gasteiger partial charge >= 0.3 is 0 Å². The minimum Gasteiger partial charge on any atom is -0.391 e. The van der Waals surface area contributed by atoms with E-state index < -0.39 is 0 Å². The summed E-state index contributed by atoms with van der Waals surface area (Å²) in [6.07, 6.45) is 0.259. The van der Waals surface area contributed by atoms with Gasteiger partial charge in [-0.3, -0.25) is 0 Å². The number of halogens is 1. The van der Waals surface area contributed by atoms with Gasteiger partial charge in [0, 0.05) is 25.2 Å². The van der Waals surface area contributed by atoms with Crippen LogP contribution in [0.4, 0.5) is 0 Å². The molecule has 0 aromatic heterocycles. The summed E-state index contributed by atoms with van der Waals surface area (Å²) < 4.78 is 4.90. The van der Waals surface area contributed by atoms with Gasteiger partial charge in [0.1, 0.15) is 0 Å². The molecule has 3 nitrogen and oxygen atoms in total. The summed E-state index contributed by atoms with van der Waals surface area (Å²) in [7, 11) is 1.66. The highest BCUT2D eigenvalue weighted by molar-refractivity contribution is 6.30. The molecule has 0 fully saturated rings. The molecule has 0 spiro atoms. The van der Waals surface area contributed by atoms with Gasteiger partial charge in [-0.15, -0.1) is 0 Å². The average molecular weight is 244 g/mol. The van der Waals surface area contributed by atoms with Gasteiger partial charge in [-0.2, -0.15) is 0 Å². The zero-order chi connectivity index (χ0) is 11.8. The predicted molar refractivity (Wildman–Crippen MR) is 65.9 cm³/mol. The van der Waals surface area contributed by atoms with Crippen molar-refractivity contribution >= 4 is 11.6 Å². The predicted octanol–water partition coefficient (Wildman–Crippen LogP) is 1.48. The van der Waals surface area contributed by atoms with Gasteiger partial charge in [0.25, 0.3) is 0 Å². The molecule has 1 rings (SSSR count). The fraction of sp³-hybridized carbons (Fsp3) is 0.500. The van der Waals surface area contributed by atoms with Crippen LogP contribution in [-0.4, -0.2) is 38.0 Å². The molecule has 1 aromatic carbocycles. The molecule has 0 saturated carbocycles. The lowest BCUT2D eigenvalue weighted by atomic mass is 10.1. The maximum Gasteiger partial charge on any atom is 0.0704 e. The number of benzene rings is 1. The third kappa shape index (κ3) is 5.47. The summed E-state index contributed by atoms with van der Waals surface area (Å²) in [5, 5.41) is 13.6. The van der Waals surface area contributed by atoms with Crippen LogP contribution in [0.3, 0.4) is 0 Å². The van der Waals surface area contributed by atoms with Gasteiger partial charge < -0.3 is 15.2 Å². The first-order valence-corrected chi connectivity index (χ1v) is 5.72. The molecule has 0 heterocycles. The van der Waals surface area contributed by atoms with Crippen LogP contribution in [0.15, 0.2) is 24.3 Å². The van der Waals surface area contributed by atoms with E-state index in [-0.39, 0.29) is 6.10 Å². The minimum atomic E-state index is -0.377. The third-order valence-electron chi connectivity index (χ3n) is 2.25. The van der Waals surface area contributed by atoms with Crippen molar-refractivity contribution in [1.29, 1.82) is 0 Å². The van der Waals surface area contributed by atoms with Crippen LogP contribution in [0.25, 0.3) is 0 Å². The highest BCUT2D eigenvalue weighted by Crippen LogP contribution is 2.10. The first-order valence-electron chi connectivity index (χ1n) is 5.34. The van der Waals surface area contributed by atoms with Crippen molar-refractivity contribution in [3.05, 3.63) is 34.9 Å². The van der Waals surface area contributed by atoms with Crippen molar-refractivity contribution in [3.8, 4) is 0 Å². The summed E-state index contributed by atoms with van der Waals surface area (Å²) in [5.74, 6) is 0. The summed E-state index contributed by atoms with van der Waals surface area (Å²) >= 11 is 5.78. The topological polar surface area (TPSA) is 41.5 Å². The summed E-state index contributed by atoms with van der Waals surface area (Å²) in [4.78, 5) is 0. The van der Waals surface area contributed by atoms with Crippen molar-refractivity contribution in [2.24, 2.45) is 0 Å². The van der Waals surface area contributed by atoms with Gasteiger partial charge in [-0.1, -0.05) is 23.7 Å². The molecule has 4 heteroatoms. The lowest BCUT2D eigenvalue weighted by Crippen LogP contribution is -2.30. The van der Waals surface area contributed by atoms with Crippen LogP contribution in [0, 0.1) is 0 Å². The SMILES string of the molecule is COCCNCC(O)Cc1ccc(Cl)cc1. The molecule has 0 aliphatic rings. The Morgan fingerprint density at radius 1 is 1.38 bits per heavy atom.